The van der Waals surface area contributed by atoms with Gasteiger partial charge in [-0.25, -0.2) is 4.79 Å². The van der Waals surface area contributed by atoms with Crippen LogP contribution in [0, 0.1) is 5.92 Å². The maximum atomic E-state index is 12.8. The third-order valence-corrected chi connectivity index (χ3v) is 7.07. The van der Waals surface area contributed by atoms with Gasteiger partial charge in [0.2, 0.25) is 5.91 Å². The number of rotatable bonds is 11. The lowest BCUT2D eigenvalue weighted by Crippen LogP contribution is -2.40. The molecule has 9 heteroatoms. The first-order valence-corrected chi connectivity index (χ1v) is 13.7. The third-order valence-electron chi connectivity index (χ3n) is 7.07. The molecule has 0 aromatic heterocycles. The van der Waals surface area contributed by atoms with Gasteiger partial charge in [-0.2, -0.15) is 0 Å². The van der Waals surface area contributed by atoms with Gasteiger partial charge >= 0.3 is 12.0 Å². The van der Waals surface area contributed by atoms with Gasteiger partial charge in [0, 0.05) is 11.4 Å². The van der Waals surface area contributed by atoms with E-state index in [1.165, 1.54) is 18.4 Å². The molecular formula is C30H38N4O5. The number of para-hydroxylation sites is 1. The molecule has 39 heavy (non-hydrogen) atoms. The number of benzene rings is 2. The molecule has 0 spiro atoms. The smallest absolute Gasteiger partial charge is 0.323 e. The normalized spacial score (nSPS) is 17.8. The van der Waals surface area contributed by atoms with E-state index in [2.05, 4.69) is 41.3 Å². The highest BCUT2D eigenvalue weighted by Crippen LogP contribution is 2.37. The van der Waals surface area contributed by atoms with E-state index in [9.17, 15) is 14.4 Å². The Balaban J connectivity index is 1.31. The molecule has 2 unspecified atom stereocenters. The molecule has 2 aliphatic rings. The minimum Gasteiger partial charge on any atom is -0.481 e. The van der Waals surface area contributed by atoms with Crippen LogP contribution in [0.25, 0.3) is 0 Å². The largest absolute Gasteiger partial charge is 0.481 e. The fraction of sp³-hybridized carbons (Fsp3) is 0.433. The summed E-state index contributed by atoms with van der Waals surface area (Å²) in [6.07, 6.45) is 6.61. The molecule has 4 rings (SSSR count). The van der Waals surface area contributed by atoms with Crippen molar-refractivity contribution in [2.75, 3.05) is 10.6 Å². The summed E-state index contributed by atoms with van der Waals surface area (Å²) >= 11 is 0. The molecule has 2 aromatic carbocycles. The summed E-state index contributed by atoms with van der Waals surface area (Å²) in [6, 6.07) is 14.6. The molecule has 9 nitrogen and oxygen atoms in total. The quantitative estimate of drug-likeness (QED) is 0.265. The van der Waals surface area contributed by atoms with Crippen LogP contribution >= 0.6 is 0 Å². The minimum absolute atomic E-state index is 0.149. The zero-order valence-electron chi connectivity index (χ0n) is 22.5. The second-order valence-electron chi connectivity index (χ2n) is 10.7. The SMILES string of the molecule is CC(C)CC(NC(=O)Cc1ccc(NC(=O)Nc2ccccc2C2CCCC2)cc1)C1=CC(CC(=O)O)ON1. The van der Waals surface area contributed by atoms with Crippen molar-refractivity contribution >= 4 is 29.3 Å². The van der Waals surface area contributed by atoms with E-state index in [0.29, 0.717) is 29.6 Å². The first-order valence-electron chi connectivity index (χ1n) is 13.7. The molecule has 5 N–H and O–H groups in total. The van der Waals surface area contributed by atoms with Gasteiger partial charge in [-0.15, -0.1) is 0 Å². The van der Waals surface area contributed by atoms with E-state index >= 15 is 0 Å². The highest BCUT2D eigenvalue weighted by Gasteiger charge is 2.26. The average molecular weight is 535 g/mol. The Hall–Kier alpha value is -3.85. The van der Waals surface area contributed by atoms with Crippen molar-refractivity contribution < 1.29 is 24.3 Å². The van der Waals surface area contributed by atoms with Gasteiger partial charge in [0.25, 0.3) is 0 Å². The molecule has 0 bridgehead atoms. The fourth-order valence-electron chi connectivity index (χ4n) is 5.23. The molecule has 1 saturated carbocycles. The zero-order chi connectivity index (χ0) is 27.8. The maximum Gasteiger partial charge on any atom is 0.323 e. The summed E-state index contributed by atoms with van der Waals surface area (Å²) in [7, 11) is 0. The summed E-state index contributed by atoms with van der Waals surface area (Å²) in [5.74, 6) is -0.315. The summed E-state index contributed by atoms with van der Waals surface area (Å²) in [4.78, 5) is 41.9. The number of nitrogens with one attached hydrogen (secondary N) is 4. The number of carboxylic acids is 1. The molecule has 3 amide bonds. The molecule has 1 aliphatic heterocycles. The summed E-state index contributed by atoms with van der Waals surface area (Å²) in [6.45, 7) is 4.11. The van der Waals surface area contributed by atoms with Gasteiger partial charge in [-0.3, -0.25) is 19.9 Å². The van der Waals surface area contributed by atoms with Crippen LogP contribution in [0.2, 0.25) is 0 Å². The fourth-order valence-corrected chi connectivity index (χ4v) is 5.23. The Morgan fingerprint density at radius 2 is 1.74 bits per heavy atom. The predicted octanol–water partition coefficient (Wildman–Crippen LogP) is 5.32. The Morgan fingerprint density at radius 1 is 1.03 bits per heavy atom. The highest BCUT2D eigenvalue weighted by atomic mass is 16.7. The van der Waals surface area contributed by atoms with Crippen LogP contribution in [0.4, 0.5) is 16.2 Å². The number of hydroxylamine groups is 1. The number of carbonyl (C=O) groups excluding carboxylic acids is 2. The van der Waals surface area contributed by atoms with Gasteiger partial charge in [-0.05, 0) is 66.5 Å². The minimum atomic E-state index is -0.951. The van der Waals surface area contributed by atoms with Crippen molar-refractivity contribution in [3.8, 4) is 0 Å². The van der Waals surface area contributed by atoms with Gasteiger partial charge in [0.05, 0.1) is 24.6 Å². The van der Waals surface area contributed by atoms with Crippen LogP contribution in [-0.4, -0.2) is 35.2 Å². The van der Waals surface area contributed by atoms with Gasteiger partial charge < -0.3 is 21.1 Å². The van der Waals surface area contributed by atoms with Crippen molar-refractivity contribution in [3.63, 3.8) is 0 Å². The highest BCUT2D eigenvalue weighted by molar-refractivity contribution is 6.00. The van der Waals surface area contributed by atoms with E-state index in [-0.39, 0.29) is 30.8 Å². The van der Waals surface area contributed by atoms with Crippen molar-refractivity contribution in [2.45, 2.75) is 76.9 Å². The molecule has 208 valence electrons. The lowest BCUT2D eigenvalue weighted by atomic mass is 9.96. The number of hydrogen-bond acceptors (Lipinski definition) is 5. The molecular weight excluding hydrogens is 496 g/mol. The molecule has 0 saturated heterocycles. The number of hydrogen-bond donors (Lipinski definition) is 5. The first kappa shape index (κ1) is 28.2. The second kappa shape index (κ2) is 13.3. The third kappa shape index (κ3) is 8.32. The van der Waals surface area contributed by atoms with E-state index < -0.39 is 12.1 Å². The summed E-state index contributed by atoms with van der Waals surface area (Å²) in [5, 5.41) is 17.9. The lowest BCUT2D eigenvalue weighted by Gasteiger charge is -2.21. The van der Waals surface area contributed by atoms with Gasteiger partial charge in [0.15, 0.2) is 0 Å². The second-order valence-corrected chi connectivity index (χ2v) is 10.7. The molecule has 1 fully saturated rings. The van der Waals surface area contributed by atoms with E-state index in [0.717, 1.165) is 24.1 Å². The van der Waals surface area contributed by atoms with Crippen LogP contribution in [0.5, 0.6) is 0 Å². The van der Waals surface area contributed by atoms with Crippen molar-refractivity contribution in [2.24, 2.45) is 5.92 Å². The van der Waals surface area contributed by atoms with E-state index in [4.69, 9.17) is 9.94 Å². The number of carbonyl (C=O) groups is 3. The van der Waals surface area contributed by atoms with Crippen molar-refractivity contribution in [1.29, 1.82) is 0 Å². The molecule has 1 aliphatic carbocycles. The molecule has 0 radical (unpaired) electrons. The monoisotopic (exact) mass is 534 g/mol. The van der Waals surface area contributed by atoms with E-state index in [1.54, 1.807) is 18.2 Å². The Kier molecular flexibility index (Phi) is 9.59. The molecule has 2 atom stereocenters. The standard InChI is InChI=1S/C30H38N4O5/c1-19(2)15-26(27-17-23(39-34-27)18-29(36)37)32-28(35)16-20-11-13-22(14-12-20)31-30(38)33-25-10-6-5-9-24(25)21-7-3-4-8-21/h5-6,9-14,17,19,21,23,26,34H,3-4,7-8,15-16,18H2,1-2H3,(H,32,35)(H,36,37)(H2,31,33,38). The number of aliphatic carboxylic acids is 1. The summed E-state index contributed by atoms with van der Waals surface area (Å²) in [5.41, 5.74) is 6.93. The van der Waals surface area contributed by atoms with Gasteiger partial charge in [0.1, 0.15) is 6.10 Å². The Morgan fingerprint density at radius 3 is 2.44 bits per heavy atom. The average Bonchev–Trinajstić information content (AvgIpc) is 3.57. The van der Waals surface area contributed by atoms with Crippen LogP contribution in [-0.2, 0) is 20.8 Å². The molecule has 1 heterocycles. The predicted molar refractivity (Wildman–Crippen MR) is 150 cm³/mol. The van der Waals surface area contributed by atoms with Crippen LogP contribution in [0.3, 0.4) is 0 Å². The Labute approximate surface area is 229 Å². The topological polar surface area (TPSA) is 129 Å². The van der Waals surface area contributed by atoms with Crippen LogP contribution in [0.15, 0.2) is 60.3 Å². The number of amides is 3. The zero-order valence-corrected chi connectivity index (χ0v) is 22.5. The lowest BCUT2D eigenvalue weighted by molar-refractivity contribution is -0.139. The Bertz CT molecular complexity index is 1190. The molecule has 2 aromatic rings. The summed E-state index contributed by atoms with van der Waals surface area (Å²) < 4.78 is 0. The number of carboxylic acid groups (broad SMARTS) is 1. The maximum absolute atomic E-state index is 12.8. The van der Waals surface area contributed by atoms with Crippen molar-refractivity contribution in [3.05, 3.63) is 71.4 Å². The number of anilines is 2. The van der Waals surface area contributed by atoms with Gasteiger partial charge in [-0.1, -0.05) is 57.0 Å². The van der Waals surface area contributed by atoms with E-state index in [1.807, 2.05) is 30.3 Å². The first-order chi connectivity index (χ1) is 18.8. The number of urea groups is 1. The van der Waals surface area contributed by atoms with Crippen LogP contribution < -0.4 is 21.4 Å². The van der Waals surface area contributed by atoms with Crippen LogP contribution in [0.1, 0.15) is 69.4 Å². The van der Waals surface area contributed by atoms with Crippen molar-refractivity contribution in [1.82, 2.24) is 10.8 Å².